The molecule has 0 aliphatic rings. The third-order valence-corrected chi connectivity index (χ3v) is 2.86. The summed E-state index contributed by atoms with van der Waals surface area (Å²) in [5.41, 5.74) is 7.66. The van der Waals surface area contributed by atoms with Gasteiger partial charge in [-0.25, -0.2) is 4.98 Å². The fourth-order valence-corrected chi connectivity index (χ4v) is 1.98. The van der Waals surface area contributed by atoms with Crippen molar-refractivity contribution in [2.45, 2.75) is 33.6 Å². The lowest BCUT2D eigenvalue weighted by Crippen LogP contribution is -2.16. The monoisotopic (exact) mass is 251 g/mol. The Morgan fingerprint density at radius 1 is 1.53 bits per heavy atom. The van der Waals surface area contributed by atoms with Gasteiger partial charge in [0, 0.05) is 12.7 Å². The number of nitrogens with one attached hydrogen (secondary N) is 1. The summed E-state index contributed by atoms with van der Waals surface area (Å²) in [6.45, 7) is 7.36. The van der Waals surface area contributed by atoms with E-state index >= 15 is 0 Å². The van der Waals surface area contributed by atoms with E-state index in [9.17, 15) is 0 Å². The maximum absolute atomic E-state index is 5.72. The molecule has 1 heterocycles. The molecule has 0 spiro atoms. The Morgan fingerprint density at radius 3 is 2.82 bits per heavy atom. The molecule has 4 heteroatoms. The SMILES string of the molecule is Cc1ccnc(NCCCC(C)C)c1C(N)=S. The first-order valence-electron chi connectivity index (χ1n) is 6.01. The normalized spacial score (nSPS) is 10.6. The summed E-state index contributed by atoms with van der Waals surface area (Å²) in [5, 5.41) is 3.31. The van der Waals surface area contributed by atoms with Gasteiger partial charge < -0.3 is 11.1 Å². The minimum absolute atomic E-state index is 0.405. The topological polar surface area (TPSA) is 50.9 Å². The second kappa shape index (κ2) is 6.55. The zero-order valence-corrected chi connectivity index (χ0v) is 11.6. The highest BCUT2D eigenvalue weighted by Crippen LogP contribution is 2.16. The quantitative estimate of drug-likeness (QED) is 0.603. The number of pyridine rings is 1. The number of anilines is 1. The van der Waals surface area contributed by atoms with Gasteiger partial charge >= 0.3 is 0 Å². The van der Waals surface area contributed by atoms with Crippen LogP contribution in [0.15, 0.2) is 12.3 Å². The lowest BCUT2D eigenvalue weighted by atomic mass is 10.1. The zero-order valence-electron chi connectivity index (χ0n) is 10.8. The van der Waals surface area contributed by atoms with E-state index in [0.717, 1.165) is 35.8 Å². The van der Waals surface area contributed by atoms with E-state index in [4.69, 9.17) is 18.0 Å². The summed E-state index contributed by atoms with van der Waals surface area (Å²) in [6, 6.07) is 1.92. The summed E-state index contributed by atoms with van der Waals surface area (Å²) in [4.78, 5) is 4.70. The van der Waals surface area contributed by atoms with Crippen LogP contribution in [0, 0.1) is 12.8 Å². The Balaban J connectivity index is 2.64. The summed E-state index contributed by atoms with van der Waals surface area (Å²) in [5.74, 6) is 1.54. The molecule has 1 aromatic rings. The molecule has 17 heavy (non-hydrogen) atoms. The molecule has 0 fully saturated rings. The van der Waals surface area contributed by atoms with Crippen LogP contribution in [0.3, 0.4) is 0 Å². The van der Waals surface area contributed by atoms with E-state index in [1.54, 1.807) is 6.20 Å². The minimum atomic E-state index is 0.405. The van der Waals surface area contributed by atoms with E-state index in [1.165, 1.54) is 6.42 Å². The van der Waals surface area contributed by atoms with Crippen LogP contribution in [0.1, 0.15) is 37.8 Å². The Bertz CT molecular complexity index is 388. The predicted molar refractivity (Wildman–Crippen MR) is 77.4 cm³/mol. The number of hydrogen-bond donors (Lipinski definition) is 2. The van der Waals surface area contributed by atoms with Crippen LogP contribution in [-0.4, -0.2) is 16.5 Å². The maximum atomic E-state index is 5.72. The lowest BCUT2D eigenvalue weighted by molar-refractivity contribution is 0.566. The van der Waals surface area contributed by atoms with Crippen molar-refractivity contribution >= 4 is 23.0 Å². The molecule has 0 saturated heterocycles. The van der Waals surface area contributed by atoms with Crippen molar-refractivity contribution in [2.24, 2.45) is 11.7 Å². The Morgan fingerprint density at radius 2 is 2.24 bits per heavy atom. The summed E-state index contributed by atoms with van der Waals surface area (Å²) < 4.78 is 0. The van der Waals surface area contributed by atoms with Crippen LogP contribution >= 0.6 is 12.2 Å². The van der Waals surface area contributed by atoms with Gasteiger partial charge in [-0.3, -0.25) is 0 Å². The van der Waals surface area contributed by atoms with Crippen molar-refractivity contribution in [2.75, 3.05) is 11.9 Å². The molecule has 1 aromatic heterocycles. The average Bonchev–Trinajstić information content (AvgIpc) is 2.23. The second-order valence-electron chi connectivity index (χ2n) is 4.68. The number of aryl methyl sites for hydroxylation is 1. The van der Waals surface area contributed by atoms with Crippen molar-refractivity contribution in [1.82, 2.24) is 4.98 Å². The van der Waals surface area contributed by atoms with Crippen LogP contribution < -0.4 is 11.1 Å². The summed E-state index contributed by atoms with van der Waals surface area (Å²) >= 11 is 5.06. The number of aromatic nitrogens is 1. The second-order valence-corrected chi connectivity index (χ2v) is 5.12. The van der Waals surface area contributed by atoms with E-state index in [-0.39, 0.29) is 0 Å². The van der Waals surface area contributed by atoms with Gasteiger partial charge in [-0.05, 0) is 37.3 Å². The van der Waals surface area contributed by atoms with Crippen LogP contribution in [-0.2, 0) is 0 Å². The van der Waals surface area contributed by atoms with Crippen LogP contribution in [0.25, 0.3) is 0 Å². The fraction of sp³-hybridized carbons (Fsp3) is 0.538. The van der Waals surface area contributed by atoms with Crippen molar-refractivity contribution in [1.29, 1.82) is 0 Å². The Hall–Kier alpha value is -1.16. The van der Waals surface area contributed by atoms with Crippen molar-refractivity contribution in [3.8, 4) is 0 Å². The third kappa shape index (κ3) is 4.30. The fourth-order valence-electron chi connectivity index (χ4n) is 1.72. The molecule has 0 atom stereocenters. The van der Waals surface area contributed by atoms with Crippen LogP contribution in [0.5, 0.6) is 0 Å². The highest BCUT2D eigenvalue weighted by molar-refractivity contribution is 7.80. The number of nitrogens with zero attached hydrogens (tertiary/aromatic N) is 1. The number of rotatable bonds is 6. The Kier molecular flexibility index (Phi) is 5.35. The third-order valence-electron chi connectivity index (χ3n) is 2.66. The molecule has 0 aliphatic carbocycles. The molecule has 0 aromatic carbocycles. The molecular weight excluding hydrogens is 230 g/mol. The molecule has 0 saturated carbocycles. The van der Waals surface area contributed by atoms with Crippen molar-refractivity contribution in [3.05, 3.63) is 23.4 Å². The molecule has 0 bridgehead atoms. The molecule has 0 unspecified atom stereocenters. The molecule has 1 rings (SSSR count). The smallest absolute Gasteiger partial charge is 0.136 e. The largest absolute Gasteiger partial charge is 0.389 e. The number of hydrogen-bond acceptors (Lipinski definition) is 3. The van der Waals surface area contributed by atoms with Gasteiger partial charge in [-0.15, -0.1) is 0 Å². The predicted octanol–water partition coefficient (Wildman–Crippen LogP) is 2.87. The van der Waals surface area contributed by atoms with E-state index in [1.807, 2.05) is 13.0 Å². The van der Waals surface area contributed by atoms with Crippen molar-refractivity contribution in [3.63, 3.8) is 0 Å². The standard InChI is InChI=1S/C13H21N3S/c1-9(2)5-4-7-15-13-11(12(14)17)10(3)6-8-16-13/h6,8-9H,4-5,7H2,1-3H3,(H2,14,17)(H,15,16). The Labute approximate surface area is 109 Å². The lowest BCUT2D eigenvalue weighted by Gasteiger charge is -2.12. The van der Waals surface area contributed by atoms with E-state index < -0.39 is 0 Å². The minimum Gasteiger partial charge on any atom is -0.389 e. The number of nitrogens with two attached hydrogens (primary N) is 1. The van der Waals surface area contributed by atoms with E-state index in [2.05, 4.69) is 24.1 Å². The number of thiocarbonyl (C=S) groups is 1. The van der Waals surface area contributed by atoms with Gasteiger partial charge in [0.05, 0.1) is 5.56 Å². The molecular formula is C13H21N3S. The molecule has 0 amide bonds. The van der Waals surface area contributed by atoms with E-state index in [0.29, 0.717) is 4.99 Å². The summed E-state index contributed by atoms with van der Waals surface area (Å²) in [7, 11) is 0. The van der Waals surface area contributed by atoms with Crippen LogP contribution in [0.4, 0.5) is 5.82 Å². The van der Waals surface area contributed by atoms with Gasteiger partial charge in [0.1, 0.15) is 10.8 Å². The van der Waals surface area contributed by atoms with Gasteiger partial charge in [-0.2, -0.15) is 0 Å². The highest BCUT2D eigenvalue weighted by atomic mass is 32.1. The zero-order chi connectivity index (χ0) is 12.8. The summed E-state index contributed by atoms with van der Waals surface area (Å²) in [6.07, 6.45) is 4.12. The first kappa shape index (κ1) is 13.9. The van der Waals surface area contributed by atoms with Gasteiger partial charge in [0.25, 0.3) is 0 Å². The average molecular weight is 251 g/mol. The maximum Gasteiger partial charge on any atom is 0.136 e. The van der Waals surface area contributed by atoms with Crippen LogP contribution in [0.2, 0.25) is 0 Å². The molecule has 3 nitrogen and oxygen atoms in total. The molecule has 0 aliphatic heterocycles. The first-order valence-corrected chi connectivity index (χ1v) is 6.42. The van der Waals surface area contributed by atoms with Gasteiger partial charge in [0.2, 0.25) is 0 Å². The molecule has 94 valence electrons. The molecule has 3 N–H and O–H groups in total. The van der Waals surface area contributed by atoms with Crippen molar-refractivity contribution < 1.29 is 0 Å². The van der Waals surface area contributed by atoms with Gasteiger partial charge in [0.15, 0.2) is 0 Å². The van der Waals surface area contributed by atoms with Gasteiger partial charge in [-0.1, -0.05) is 26.1 Å². The molecule has 0 radical (unpaired) electrons. The highest BCUT2D eigenvalue weighted by Gasteiger charge is 2.09. The first-order chi connectivity index (χ1) is 8.02.